The maximum atomic E-state index is 12.1. The monoisotopic (exact) mass is 413 g/mol. The molecule has 0 spiro atoms. The van der Waals surface area contributed by atoms with E-state index in [9.17, 15) is 14.4 Å². The number of anilines is 1. The van der Waals surface area contributed by atoms with E-state index < -0.39 is 17.9 Å². The van der Waals surface area contributed by atoms with Crippen molar-refractivity contribution in [1.29, 1.82) is 0 Å². The molecular formula is C22H27N3O5. The summed E-state index contributed by atoms with van der Waals surface area (Å²) in [6.45, 7) is 5.49. The summed E-state index contributed by atoms with van der Waals surface area (Å²) in [7, 11) is 1.50. The number of ether oxygens (including phenoxy) is 2. The molecule has 2 rings (SSSR count). The highest BCUT2D eigenvalue weighted by atomic mass is 16.5. The van der Waals surface area contributed by atoms with Crippen molar-refractivity contribution in [2.24, 2.45) is 0 Å². The molecule has 0 bridgehead atoms. The van der Waals surface area contributed by atoms with Crippen LogP contribution in [0.2, 0.25) is 0 Å². The predicted octanol–water partition coefficient (Wildman–Crippen LogP) is 2.65. The summed E-state index contributed by atoms with van der Waals surface area (Å²) in [4.78, 5) is 36.0. The Morgan fingerprint density at radius 1 is 0.900 bits per heavy atom. The van der Waals surface area contributed by atoms with Crippen LogP contribution in [0.25, 0.3) is 0 Å². The number of para-hydroxylation sites is 2. The van der Waals surface area contributed by atoms with Crippen LogP contribution < -0.4 is 25.6 Å². The van der Waals surface area contributed by atoms with Gasteiger partial charge in [-0.25, -0.2) is 0 Å². The quantitative estimate of drug-likeness (QED) is 0.577. The van der Waals surface area contributed by atoms with Crippen molar-refractivity contribution in [3.05, 3.63) is 53.6 Å². The number of hydrogen-bond donors (Lipinski definition) is 3. The van der Waals surface area contributed by atoms with E-state index in [1.807, 2.05) is 32.0 Å². The Bertz CT molecular complexity index is 913. The summed E-state index contributed by atoms with van der Waals surface area (Å²) < 4.78 is 10.7. The van der Waals surface area contributed by atoms with Crippen molar-refractivity contribution < 1.29 is 23.9 Å². The average Bonchev–Trinajstić information content (AvgIpc) is 2.73. The molecule has 0 fully saturated rings. The predicted molar refractivity (Wildman–Crippen MR) is 113 cm³/mol. The van der Waals surface area contributed by atoms with Crippen molar-refractivity contribution in [3.63, 3.8) is 0 Å². The van der Waals surface area contributed by atoms with Crippen molar-refractivity contribution in [1.82, 2.24) is 10.9 Å². The number of nitrogens with one attached hydrogen (secondary N) is 3. The Labute approximate surface area is 175 Å². The van der Waals surface area contributed by atoms with Gasteiger partial charge in [-0.3, -0.25) is 25.2 Å². The third-order valence-electron chi connectivity index (χ3n) is 4.44. The minimum atomic E-state index is -0.866. The molecule has 0 heterocycles. The van der Waals surface area contributed by atoms with Gasteiger partial charge in [0.15, 0.2) is 17.6 Å². The van der Waals surface area contributed by atoms with Crippen LogP contribution in [0.5, 0.6) is 11.5 Å². The number of rotatable bonds is 8. The molecule has 8 nitrogen and oxygen atoms in total. The van der Waals surface area contributed by atoms with Crippen LogP contribution in [0.4, 0.5) is 5.69 Å². The van der Waals surface area contributed by atoms with E-state index in [2.05, 4.69) is 16.2 Å². The Morgan fingerprint density at radius 2 is 1.57 bits per heavy atom. The van der Waals surface area contributed by atoms with Gasteiger partial charge in [0, 0.05) is 18.5 Å². The minimum Gasteiger partial charge on any atom is -0.493 e. The first-order chi connectivity index (χ1) is 14.3. The van der Waals surface area contributed by atoms with E-state index >= 15 is 0 Å². The summed E-state index contributed by atoms with van der Waals surface area (Å²) >= 11 is 0. The van der Waals surface area contributed by atoms with Crippen LogP contribution >= 0.6 is 0 Å². The Kier molecular flexibility index (Phi) is 8.22. The lowest BCUT2D eigenvalue weighted by Gasteiger charge is -2.16. The number of amides is 3. The van der Waals surface area contributed by atoms with E-state index in [4.69, 9.17) is 9.47 Å². The first-order valence-electron chi connectivity index (χ1n) is 9.55. The Hall–Kier alpha value is -3.55. The van der Waals surface area contributed by atoms with Gasteiger partial charge in [0.05, 0.1) is 7.11 Å². The van der Waals surface area contributed by atoms with Crippen molar-refractivity contribution >= 4 is 23.4 Å². The second kappa shape index (κ2) is 10.8. The molecule has 0 saturated heterocycles. The SMILES string of the molecule is COc1ccccc1OC(C)C(=O)NNC(=O)CCC(=O)Nc1ccc(C)c(C)c1. The molecule has 2 aromatic rings. The third kappa shape index (κ3) is 6.80. The molecule has 0 aliphatic heterocycles. The van der Waals surface area contributed by atoms with E-state index in [1.54, 1.807) is 31.2 Å². The Balaban J connectivity index is 1.73. The lowest BCUT2D eigenvalue weighted by Crippen LogP contribution is -2.47. The molecule has 0 aliphatic carbocycles. The largest absolute Gasteiger partial charge is 0.493 e. The number of aryl methyl sites for hydroxylation is 2. The fourth-order valence-electron chi connectivity index (χ4n) is 2.53. The topological polar surface area (TPSA) is 106 Å². The van der Waals surface area contributed by atoms with E-state index in [0.717, 1.165) is 11.1 Å². The number of carbonyl (C=O) groups is 3. The molecule has 3 N–H and O–H groups in total. The van der Waals surface area contributed by atoms with Crippen LogP contribution in [0.3, 0.4) is 0 Å². The van der Waals surface area contributed by atoms with Crippen molar-refractivity contribution in [2.45, 2.75) is 39.7 Å². The molecule has 0 radical (unpaired) electrons. The van der Waals surface area contributed by atoms with Gasteiger partial charge in [-0.05, 0) is 56.2 Å². The fraction of sp³-hybridized carbons (Fsp3) is 0.318. The first-order valence-corrected chi connectivity index (χ1v) is 9.55. The molecule has 0 saturated carbocycles. The van der Waals surface area contributed by atoms with E-state index in [0.29, 0.717) is 17.2 Å². The molecule has 3 amide bonds. The number of methoxy groups -OCH3 is 1. The Morgan fingerprint density at radius 3 is 2.23 bits per heavy atom. The molecule has 0 aliphatic rings. The molecule has 1 unspecified atom stereocenters. The van der Waals surface area contributed by atoms with Gasteiger partial charge < -0.3 is 14.8 Å². The zero-order valence-corrected chi connectivity index (χ0v) is 17.6. The summed E-state index contributed by atoms with van der Waals surface area (Å²) in [6.07, 6.45) is -0.949. The second-order valence-electron chi connectivity index (χ2n) is 6.80. The highest BCUT2D eigenvalue weighted by Gasteiger charge is 2.17. The highest BCUT2D eigenvalue weighted by Crippen LogP contribution is 2.26. The molecule has 8 heteroatoms. The number of hydrazine groups is 1. The highest BCUT2D eigenvalue weighted by molar-refractivity contribution is 5.93. The van der Waals surface area contributed by atoms with Crippen molar-refractivity contribution in [2.75, 3.05) is 12.4 Å². The zero-order chi connectivity index (χ0) is 22.1. The van der Waals surface area contributed by atoms with E-state index in [-0.39, 0.29) is 18.7 Å². The molecule has 2 aromatic carbocycles. The summed E-state index contributed by atoms with van der Waals surface area (Å²) in [6, 6.07) is 12.5. The lowest BCUT2D eigenvalue weighted by atomic mass is 10.1. The van der Waals surface area contributed by atoms with Gasteiger partial charge in [0.1, 0.15) is 0 Å². The molecule has 160 valence electrons. The smallest absolute Gasteiger partial charge is 0.279 e. The average molecular weight is 413 g/mol. The molecular weight excluding hydrogens is 386 g/mol. The summed E-state index contributed by atoms with van der Waals surface area (Å²) in [5.41, 5.74) is 7.45. The molecule has 0 aromatic heterocycles. The fourth-order valence-corrected chi connectivity index (χ4v) is 2.53. The van der Waals surface area contributed by atoms with Gasteiger partial charge in [0.25, 0.3) is 5.91 Å². The maximum absolute atomic E-state index is 12.1. The lowest BCUT2D eigenvalue weighted by molar-refractivity contribution is -0.133. The summed E-state index contributed by atoms with van der Waals surface area (Å²) in [5.74, 6) is -0.391. The first kappa shape index (κ1) is 22.7. The number of carbonyl (C=O) groups excluding carboxylic acids is 3. The van der Waals surface area contributed by atoms with Crippen LogP contribution in [-0.2, 0) is 14.4 Å². The minimum absolute atomic E-state index is 0.0120. The van der Waals surface area contributed by atoms with Crippen molar-refractivity contribution in [3.8, 4) is 11.5 Å². The van der Waals surface area contributed by atoms with Crippen LogP contribution in [0, 0.1) is 13.8 Å². The molecule has 30 heavy (non-hydrogen) atoms. The van der Waals surface area contributed by atoms with Gasteiger partial charge in [-0.1, -0.05) is 18.2 Å². The number of hydrogen-bond acceptors (Lipinski definition) is 5. The van der Waals surface area contributed by atoms with E-state index in [1.165, 1.54) is 7.11 Å². The molecule has 1 atom stereocenters. The van der Waals surface area contributed by atoms with Gasteiger partial charge in [0.2, 0.25) is 11.8 Å². The van der Waals surface area contributed by atoms with Crippen LogP contribution in [0.1, 0.15) is 30.9 Å². The second-order valence-corrected chi connectivity index (χ2v) is 6.80. The van der Waals surface area contributed by atoms with Crippen LogP contribution in [0.15, 0.2) is 42.5 Å². The summed E-state index contributed by atoms with van der Waals surface area (Å²) in [5, 5.41) is 2.75. The number of benzene rings is 2. The van der Waals surface area contributed by atoms with Gasteiger partial charge >= 0.3 is 0 Å². The standard InChI is InChI=1S/C22H27N3O5/c1-14-9-10-17(13-15(14)2)23-20(26)11-12-21(27)24-25-22(28)16(3)30-19-8-6-5-7-18(19)29-4/h5-10,13,16H,11-12H2,1-4H3,(H,23,26)(H,24,27)(H,25,28). The zero-order valence-electron chi connectivity index (χ0n) is 17.6. The maximum Gasteiger partial charge on any atom is 0.279 e. The van der Waals surface area contributed by atoms with Gasteiger partial charge in [-0.2, -0.15) is 0 Å². The van der Waals surface area contributed by atoms with Gasteiger partial charge in [-0.15, -0.1) is 0 Å². The van der Waals surface area contributed by atoms with Crippen LogP contribution in [-0.4, -0.2) is 30.9 Å². The normalized spacial score (nSPS) is 11.2. The third-order valence-corrected chi connectivity index (χ3v) is 4.44.